The van der Waals surface area contributed by atoms with Crippen molar-refractivity contribution in [3.8, 4) is 0 Å². The topological polar surface area (TPSA) is 91.7 Å². The molecule has 0 radical (unpaired) electrons. The highest BCUT2D eigenvalue weighted by Gasteiger charge is 2.25. The third-order valence-corrected chi connectivity index (χ3v) is 7.11. The first-order valence-electron chi connectivity index (χ1n) is 8.81. The number of aromatic nitrogens is 1. The molecular formula is C19H17ClN4O3S2. The number of rotatable bonds is 4. The number of thiazole rings is 1. The number of amides is 1. The predicted molar refractivity (Wildman–Crippen MR) is 115 cm³/mol. The molecule has 4 rings (SSSR count). The molecule has 1 amide bonds. The minimum absolute atomic E-state index is 0.0766. The summed E-state index contributed by atoms with van der Waals surface area (Å²) < 4.78 is 26.9. The number of carbonyl (C=O) groups is 1. The number of nitrogens with zero attached hydrogens (tertiary/aromatic N) is 3. The molecule has 0 atom stereocenters. The van der Waals surface area contributed by atoms with Gasteiger partial charge in [-0.25, -0.2) is 13.4 Å². The van der Waals surface area contributed by atoms with Crippen LogP contribution in [0.1, 0.15) is 16.1 Å². The van der Waals surface area contributed by atoms with Crippen LogP contribution in [-0.2, 0) is 21.2 Å². The van der Waals surface area contributed by atoms with Crippen molar-refractivity contribution < 1.29 is 13.2 Å². The zero-order chi connectivity index (χ0) is 20.6. The van der Waals surface area contributed by atoms with Gasteiger partial charge in [0, 0.05) is 29.1 Å². The second kappa shape index (κ2) is 7.74. The number of benzene rings is 1. The van der Waals surface area contributed by atoms with E-state index < -0.39 is 10.0 Å². The predicted octanol–water partition coefficient (Wildman–Crippen LogP) is 3.13. The first-order valence-corrected chi connectivity index (χ1v) is 11.6. The molecule has 10 heteroatoms. The van der Waals surface area contributed by atoms with E-state index in [1.807, 2.05) is 31.2 Å². The summed E-state index contributed by atoms with van der Waals surface area (Å²) in [6, 6.07) is 7.64. The average Bonchev–Trinajstić information content (AvgIpc) is 3.01. The van der Waals surface area contributed by atoms with Gasteiger partial charge in [0.2, 0.25) is 0 Å². The van der Waals surface area contributed by atoms with E-state index in [1.54, 1.807) is 17.2 Å². The first kappa shape index (κ1) is 19.8. The smallest absolute Gasteiger partial charge is 0.258 e. The molecule has 0 unspecified atom stereocenters. The Morgan fingerprint density at radius 1 is 1.31 bits per heavy atom. The van der Waals surface area contributed by atoms with E-state index in [2.05, 4.69) is 14.7 Å². The highest BCUT2D eigenvalue weighted by molar-refractivity contribution is 7.90. The molecular weight excluding hydrogens is 432 g/mol. The Morgan fingerprint density at radius 3 is 2.90 bits per heavy atom. The van der Waals surface area contributed by atoms with E-state index in [4.69, 9.17) is 11.6 Å². The molecule has 1 N–H and O–H groups in total. The molecule has 0 bridgehead atoms. The molecule has 0 saturated carbocycles. The third-order valence-electron chi connectivity index (χ3n) is 4.51. The van der Waals surface area contributed by atoms with Gasteiger partial charge >= 0.3 is 0 Å². The molecule has 150 valence electrons. The first-order chi connectivity index (χ1) is 13.8. The molecule has 3 heterocycles. The van der Waals surface area contributed by atoms with Crippen molar-refractivity contribution >= 4 is 49.8 Å². The van der Waals surface area contributed by atoms with Crippen molar-refractivity contribution in [3.05, 3.63) is 69.3 Å². The number of carbonyl (C=O) groups excluding carboxylic acids is 1. The molecule has 0 spiro atoms. The number of halogens is 1. The standard InChI is InChI=1S/C19H17ClN4O3S2/c1-12-16(10-13-4-2-3-5-15(13)20)28-19(21-12)22-18(25)14-6-7-17-23-29(26,27)9-8-24(17)11-14/h2-7,11H,8-10H2,1H3,(H,21,22,25). The van der Waals surface area contributed by atoms with Crippen LogP contribution in [0.15, 0.2) is 52.6 Å². The lowest BCUT2D eigenvalue weighted by Crippen LogP contribution is -2.37. The van der Waals surface area contributed by atoms with Crippen molar-refractivity contribution in [2.75, 3.05) is 17.6 Å². The highest BCUT2D eigenvalue weighted by Crippen LogP contribution is 2.28. The lowest BCUT2D eigenvalue weighted by atomic mass is 10.1. The number of hydrogen-bond donors (Lipinski definition) is 1. The monoisotopic (exact) mass is 448 g/mol. The summed E-state index contributed by atoms with van der Waals surface area (Å²) in [5.74, 6) is -0.0704. The van der Waals surface area contributed by atoms with Gasteiger partial charge < -0.3 is 4.90 Å². The Kier molecular flexibility index (Phi) is 5.28. The number of anilines is 1. The van der Waals surface area contributed by atoms with E-state index >= 15 is 0 Å². The van der Waals surface area contributed by atoms with Crippen LogP contribution in [0.3, 0.4) is 0 Å². The Balaban J connectivity index is 1.48. The molecule has 0 saturated heterocycles. The van der Waals surface area contributed by atoms with Crippen molar-refractivity contribution in [1.82, 2.24) is 9.88 Å². The number of fused-ring (bicyclic) bond motifs is 1. The van der Waals surface area contributed by atoms with E-state index in [9.17, 15) is 13.2 Å². The number of amidine groups is 1. The number of sulfonamides is 1. The summed E-state index contributed by atoms with van der Waals surface area (Å²) in [6.07, 6.45) is 5.33. The lowest BCUT2D eigenvalue weighted by Gasteiger charge is -2.26. The molecule has 0 aliphatic carbocycles. The molecule has 2 aliphatic rings. The SMILES string of the molecule is Cc1nc(NC(=O)C2=CN3CCS(=O)(=O)N=C3C=C2)sc1Cc1ccccc1Cl. The van der Waals surface area contributed by atoms with Crippen molar-refractivity contribution in [2.24, 2.45) is 4.40 Å². The van der Waals surface area contributed by atoms with Gasteiger partial charge in [0.25, 0.3) is 15.9 Å². The maximum atomic E-state index is 12.6. The van der Waals surface area contributed by atoms with Gasteiger partial charge in [-0.3, -0.25) is 10.1 Å². The largest absolute Gasteiger partial charge is 0.330 e. The Labute approximate surface area is 177 Å². The van der Waals surface area contributed by atoms with Crippen molar-refractivity contribution in [2.45, 2.75) is 13.3 Å². The maximum Gasteiger partial charge on any atom is 0.258 e. The molecule has 1 aromatic heterocycles. The minimum Gasteiger partial charge on any atom is -0.330 e. The summed E-state index contributed by atoms with van der Waals surface area (Å²) in [5, 5.41) is 4.02. The number of aryl methyl sites for hydroxylation is 1. The maximum absolute atomic E-state index is 12.6. The van der Waals surface area contributed by atoms with Crippen LogP contribution in [-0.4, -0.2) is 42.3 Å². The van der Waals surface area contributed by atoms with E-state index in [0.29, 0.717) is 28.0 Å². The molecule has 29 heavy (non-hydrogen) atoms. The summed E-state index contributed by atoms with van der Waals surface area (Å²) in [7, 11) is -3.42. The fourth-order valence-corrected chi connectivity index (χ4v) is 5.12. The average molecular weight is 449 g/mol. The van der Waals surface area contributed by atoms with E-state index in [0.717, 1.165) is 16.1 Å². The second-order valence-electron chi connectivity index (χ2n) is 6.60. The molecule has 2 aliphatic heterocycles. The van der Waals surface area contributed by atoms with Gasteiger partial charge in [-0.2, -0.15) is 0 Å². The summed E-state index contributed by atoms with van der Waals surface area (Å²) >= 11 is 7.65. The van der Waals surface area contributed by atoms with Crippen molar-refractivity contribution in [1.29, 1.82) is 0 Å². The molecule has 1 aromatic carbocycles. The Bertz CT molecular complexity index is 1180. The molecule has 0 fully saturated rings. The zero-order valence-electron chi connectivity index (χ0n) is 15.4. The highest BCUT2D eigenvalue weighted by atomic mass is 35.5. The fraction of sp³-hybridized carbons (Fsp3) is 0.211. The van der Waals surface area contributed by atoms with Crippen LogP contribution in [0, 0.1) is 6.92 Å². The van der Waals surface area contributed by atoms with Crippen LogP contribution in [0.2, 0.25) is 5.02 Å². The van der Waals surface area contributed by atoms with Gasteiger partial charge in [-0.05, 0) is 30.7 Å². The normalized spacial score (nSPS) is 17.4. The van der Waals surface area contributed by atoms with E-state index in [1.165, 1.54) is 17.4 Å². The van der Waals surface area contributed by atoms with Gasteiger partial charge in [0.15, 0.2) is 5.13 Å². The van der Waals surface area contributed by atoms with Crippen LogP contribution >= 0.6 is 22.9 Å². The van der Waals surface area contributed by atoms with E-state index in [-0.39, 0.29) is 18.2 Å². The second-order valence-corrected chi connectivity index (χ2v) is 9.84. The zero-order valence-corrected chi connectivity index (χ0v) is 17.8. The summed E-state index contributed by atoms with van der Waals surface area (Å²) in [4.78, 5) is 19.8. The van der Waals surface area contributed by atoms with Crippen molar-refractivity contribution in [3.63, 3.8) is 0 Å². The lowest BCUT2D eigenvalue weighted by molar-refractivity contribution is -0.112. The third kappa shape index (κ3) is 4.42. The minimum atomic E-state index is -3.42. The van der Waals surface area contributed by atoms with Crippen LogP contribution in [0.25, 0.3) is 0 Å². The number of nitrogens with one attached hydrogen (secondary N) is 1. The van der Waals surface area contributed by atoms with Gasteiger partial charge in [0.1, 0.15) is 5.84 Å². The van der Waals surface area contributed by atoms with Crippen LogP contribution in [0.4, 0.5) is 5.13 Å². The van der Waals surface area contributed by atoms with Gasteiger partial charge in [0.05, 0.1) is 17.0 Å². The quantitative estimate of drug-likeness (QED) is 0.775. The van der Waals surface area contributed by atoms with Crippen LogP contribution in [0.5, 0.6) is 0 Å². The summed E-state index contributed by atoms with van der Waals surface area (Å²) in [6.45, 7) is 2.16. The Morgan fingerprint density at radius 2 is 2.10 bits per heavy atom. The molecule has 2 aromatic rings. The Hall–Kier alpha value is -2.49. The van der Waals surface area contributed by atoms with Crippen LogP contribution < -0.4 is 5.32 Å². The molecule has 7 nitrogen and oxygen atoms in total. The fourth-order valence-electron chi connectivity index (χ4n) is 2.96. The van der Waals surface area contributed by atoms with Gasteiger partial charge in [-0.1, -0.05) is 29.8 Å². The number of hydrogen-bond acceptors (Lipinski definition) is 6. The van der Waals surface area contributed by atoms with Gasteiger partial charge in [-0.15, -0.1) is 15.7 Å². The summed E-state index contributed by atoms with van der Waals surface area (Å²) in [5.41, 5.74) is 2.25.